The second kappa shape index (κ2) is 7.67. The first-order chi connectivity index (χ1) is 14.5. The number of aromatic amines is 1. The average Bonchev–Trinajstić information content (AvgIpc) is 3.18. The number of nitrogens with one attached hydrogen (secondary N) is 2. The number of aromatic nitrogens is 2. The number of H-pyrrole nitrogens is 1. The van der Waals surface area contributed by atoms with E-state index in [1.165, 1.54) is 19.2 Å². The number of ether oxygens (including phenoxy) is 1. The van der Waals surface area contributed by atoms with Gasteiger partial charge in [0.15, 0.2) is 0 Å². The molecule has 0 saturated heterocycles. The molecule has 0 saturated carbocycles. The van der Waals surface area contributed by atoms with Gasteiger partial charge in [-0.15, -0.1) is 0 Å². The molecule has 2 N–H and O–H groups in total. The number of benzene rings is 3. The van der Waals surface area contributed by atoms with Gasteiger partial charge in [-0.3, -0.25) is 14.9 Å². The van der Waals surface area contributed by atoms with E-state index in [0.717, 1.165) is 16.6 Å². The standard InChI is InChI=1S/C22H18N4O4/c1-13-15(6-5-9-19(13)26(28)29)22(27)25-18-12-14(10-11-20(18)30-2)21-23-16-7-3-4-8-17(16)24-21/h3-12H,1-2H3,(H,23,24)(H,25,27). The summed E-state index contributed by atoms with van der Waals surface area (Å²) < 4.78 is 5.37. The van der Waals surface area contributed by atoms with Gasteiger partial charge in [0.05, 0.1) is 28.8 Å². The third kappa shape index (κ3) is 3.46. The second-order valence-corrected chi connectivity index (χ2v) is 6.68. The summed E-state index contributed by atoms with van der Waals surface area (Å²) in [6.07, 6.45) is 0. The topological polar surface area (TPSA) is 110 Å². The lowest BCUT2D eigenvalue weighted by Crippen LogP contribution is -2.15. The zero-order valence-electron chi connectivity index (χ0n) is 16.3. The zero-order chi connectivity index (χ0) is 21.3. The third-order valence-electron chi connectivity index (χ3n) is 4.86. The van der Waals surface area contributed by atoms with Crippen molar-refractivity contribution >= 4 is 28.3 Å². The molecule has 1 heterocycles. The number of hydrogen-bond donors (Lipinski definition) is 2. The van der Waals surface area contributed by atoms with Gasteiger partial charge in [-0.25, -0.2) is 4.98 Å². The molecule has 150 valence electrons. The van der Waals surface area contributed by atoms with Crippen LogP contribution in [0.15, 0.2) is 60.7 Å². The van der Waals surface area contributed by atoms with Crippen molar-refractivity contribution in [1.29, 1.82) is 0 Å². The van der Waals surface area contributed by atoms with E-state index in [1.54, 1.807) is 25.1 Å². The highest BCUT2D eigenvalue weighted by atomic mass is 16.6. The monoisotopic (exact) mass is 402 g/mol. The molecule has 0 fully saturated rings. The second-order valence-electron chi connectivity index (χ2n) is 6.68. The van der Waals surface area contributed by atoms with Gasteiger partial charge in [0.2, 0.25) is 0 Å². The quantitative estimate of drug-likeness (QED) is 0.371. The first-order valence-electron chi connectivity index (χ1n) is 9.16. The van der Waals surface area contributed by atoms with E-state index in [2.05, 4.69) is 15.3 Å². The van der Waals surface area contributed by atoms with E-state index >= 15 is 0 Å². The largest absolute Gasteiger partial charge is 0.495 e. The molecule has 0 aliphatic rings. The molecule has 0 aliphatic carbocycles. The predicted molar refractivity (Wildman–Crippen MR) is 114 cm³/mol. The number of rotatable bonds is 5. The van der Waals surface area contributed by atoms with Crippen LogP contribution in [-0.2, 0) is 0 Å². The number of fused-ring (bicyclic) bond motifs is 1. The van der Waals surface area contributed by atoms with Crippen molar-refractivity contribution in [1.82, 2.24) is 9.97 Å². The summed E-state index contributed by atoms with van der Waals surface area (Å²) >= 11 is 0. The van der Waals surface area contributed by atoms with Crippen LogP contribution < -0.4 is 10.1 Å². The Morgan fingerprint density at radius 3 is 2.67 bits per heavy atom. The molecule has 8 heteroatoms. The maximum atomic E-state index is 12.9. The Bertz CT molecular complexity index is 1250. The van der Waals surface area contributed by atoms with Crippen LogP contribution in [0.5, 0.6) is 5.75 Å². The Kier molecular flexibility index (Phi) is 4.89. The highest BCUT2D eigenvalue weighted by Crippen LogP contribution is 2.31. The van der Waals surface area contributed by atoms with Crippen molar-refractivity contribution in [2.45, 2.75) is 6.92 Å². The minimum atomic E-state index is -0.505. The summed E-state index contributed by atoms with van der Waals surface area (Å²) in [6, 6.07) is 17.4. The van der Waals surface area contributed by atoms with Crippen molar-refractivity contribution in [2.24, 2.45) is 0 Å². The van der Waals surface area contributed by atoms with Crippen LogP contribution in [0.4, 0.5) is 11.4 Å². The first-order valence-corrected chi connectivity index (χ1v) is 9.16. The van der Waals surface area contributed by atoms with Gasteiger partial charge in [0.1, 0.15) is 11.6 Å². The highest BCUT2D eigenvalue weighted by molar-refractivity contribution is 6.06. The van der Waals surface area contributed by atoms with Crippen molar-refractivity contribution in [3.63, 3.8) is 0 Å². The number of nitrogens with zero attached hydrogens (tertiary/aromatic N) is 2. The van der Waals surface area contributed by atoms with E-state index in [9.17, 15) is 14.9 Å². The molecule has 30 heavy (non-hydrogen) atoms. The van der Waals surface area contributed by atoms with Gasteiger partial charge in [0.25, 0.3) is 11.6 Å². The molecule has 3 aromatic carbocycles. The molecule has 0 radical (unpaired) electrons. The number of nitro benzene ring substituents is 1. The molecule has 0 atom stereocenters. The van der Waals surface area contributed by atoms with Crippen LogP contribution in [0.3, 0.4) is 0 Å². The maximum Gasteiger partial charge on any atom is 0.273 e. The van der Waals surface area contributed by atoms with E-state index in [-0.39, 0.29) is 11.3 Å². The highest BCUT2D eigenvalue weighted by Gasteiger charge is 2.19. The summed E-state index contributed by atoms with van der Waals surface area (Å²) in [5.41, 5.74) is 3.35. The Balaban J connectivity index is 1.70. The number of carbonyl (C=O) groups excluding carboxylic acids is 1. The Morgan fingerprint density at radius 1 is 1.13 bits per heavy atom. The van der Waals surface area contributed by atoms with Crippen LogP contribution in [0.25, 0.3) is 22.4 Å². The van der Waals surface area contributed by atoms with E-state index in [4.69, 9.17) is 4.74 Å². The fraction of sp³-hybridized carbons (Fsp3) is 0.0909. The summed E-state index contributed by atoms with van der Waals surface area (Å²) in [5, 5.41) is 14.0. The number of carbonyl (C=O) groups is 1. The summed E-state index contributed by atoms with van der Waals surface area (Å²) in [5.74, 6) is 0.656. The number of methoxy groups -OCH3 is 1. The van der Waals surface area contributed by atoms with Gasteiger partial charge >= 0.3 is 0 Å². The van der Waals surface area contributed by atoms with Gasteiger partial charge in [-0.1, -0.05) is 18.2 Å². The Hall–Kier alpha value is -4.20. The fourth-order valence-electron chi connectivity index (χ4n) is 3.30. The molecule has 1 aromatic heterocycles. The van der Waals surface area contributed by atoms with Gasteiger partial charge in [-0.2, -0.15) is 0 Å². The van der Waals surface area contributed by atoms with Crippen molar-refractivity contribution in [2.75, 3.05) is 12.4 Å². The number of anilines is 1. The third-order valence-corrected chi connectivity index (χ3v) is 4.86. The number of amides is 1. The van der Waals surface area contributed by atoms with E-state index < -0.39 is 10.8 Å². The van der Waals surface area contributed by atoms with Gasteiger partial charge in [0, 0.05) is 22.8 Å². The predicted octanol–water partition coefficient (Wildman–Crippen LogP) is 4.71. The zero-order valence-corrected chi connectivity index (χ0v) is 16.3. The SMILES string of the molecule is COc1ccc(-c2nc3ccccc3[nH]2)cc1NC(=O)c1cccc([N+](=O)[O-])c1C. The molecule has 0 unspecified atom stereocenters. The molecule has 0 spiro atoms. The van der Waals surface area contributed by atoms with E-state index in [0.29, 0.717) is 22.8 Å². The molecule has 0 bridgehead atoms. The van der Waals surface area contributed by atoms with Crippen molar-refractivity contribution in [3.05, 3.63) is 81.9 Å². The Morgan fingerprint density at radius 2 is 1.93 bits per heavy atom. The molecule has 4 rings (SSSR count). The summed E-state index contributed by atoms with van der Waals surface area (Å²) in [7, 11) is 1.50. The Labute approximate surface area is 171 Å². The summed E-state index contributed by atoms with van der Waals surface area (Å²) in [4.78, 5) is 31.4. The van der Waals surface area contributed by atoms with Crippen molar-refractivity contribution < 1.29 is 14.5 Å². The van der Waals surface area contributed by atoms with Crippen LogP contribution >= 0.6 is 0 Å². The number of imidazole rings is 1. The minimum absolute atomic E-state index is 0.106. The first kappa shape index (κ1) is 19.1. The lowest BCUT2D eigenvalue weighted by atomic mass is 10.1. The van der Waals surface area contributed by atoms with Crippen molar-refractivity contribution in [3.8, 4) is 17.1 Å². The fourth-order valence-corrected chi connectivity index (χ4v) is 3.30. The lowest BCUT2D eigenvalue weighted by molar-refractivity contribution is -0.385. The van der Waals surface area contributed by atoms with Crippen LogP contribution in [-0.4, -0.2) is 27.9 Å². The number of nitro groups is 1. The number of para-hydroxylation sites is 2. The van der Waals surface area contributed by atoms with Crippen LogP contribution in [0.1, 0.15) is 15.9 Å². The molecular weight excluding hydrogens is 384 g/mol. The maximum absolute atomic E-state index is 12.9. The molecule has 0 aliphatic heterocycles. The summed E-state index contributed by atoms with van der Waals surface area (Å²) in [6.45, 7) is 1.55. The smallest absolute Gasteiger partial charge is 0.273 e. The molecule has 1 amide bonds. The minimum Gasteiger partial charge on any atom is -0.495 e. The van der Waals surface area contributed by atoms with E-state index in [1.807, 2.05) is 30.3 Å². The van der Waals surface area contributed by atoms with Gasteiger partial charge < -0.3 is 15.0 Å². The average molecular weight is 402 g/mol. The normalized spacial score (nSPS) is 10.7. The van der Waals surface area contributed by atoms with Crippen LogP contribution in [0, 0.1) is 17.0 Å². The van der Waals surface area contributed by atoms with Gasteiger partial charge in [-0.05, 0) is 43.3 Å². The molecular formula is C22H18N4O4. The molecule has 8 nitrogen and oxygen atoms in total. The van der Waals surface area contributed by atoms with Crippen LogP contribution in [0.2, 0.25) is 0 Å². The molecule has 4 aromatic rings. The number of hydrogen-bond acceptors (Lipinski definition) is 5. The lowest BCUT2D eigenvalue weighted by Gasteiger charge is -2.12.